The molecule has 6 atom stereocenters. The third kappa shape index (κ3) is 4.93. The van der Waals surface area contributed by atoms with E-state index < -0.39 is 70.8 Å². The maximum Gasteiger partial charge on any atom is 0.337 e. The molecule has 0 spiro atoms. The lowest BCUT2D eigenvalue weighted by Crippen LogP contribution is -2.68. The summed E-state index contributed by atoms with van der Waals surface area (Å²) < 4.78 is 25.2. The van der Waals surface area contributed by atoms with E-state index in [1.807, 2.05) is 0 Å². The van der Waals surface area contributed by atoms with Gasteiger partial charge in [0.15, 0.2) is 0 Å². The fourth-order valence-corrected chi connectivity index (χ4v) is 5.62. The van der Waals surface area contributed by atoms with Crippen LogP contribution in [0.5, 0.6) is 0 Å². The number of aliphatic hydroxyl groups is 1. The van der Waals surface area contributed by atoms with Crippen LogP contribution in [0.15, 0.2) is 47.7 Å². The SMILES string of the molecule is COC(=O)C1=C(OC(=O)C=Cc2ccccc2)C(C(=O)OC)[C@@]2(O)[C@@H](C(=O)OC)[C@H](C)C[C@@H]1[C@@H]2C(=O)OC. The first-order chi connectivity index (χ1) is 18.1. The molecule has 1 unspecified atom stereocenters. The van der Waals surface area contributed by atoms with Gasteiger partial charge in [-0.3, -0.25) is 14.4 Å². The fourth-order valence-electron chi connectivity index (χ4n) is 5.62. The Hall–Kier alpha value is -3.99. The Kier molecular flexibility index (Phi) is 8.72. The lowest BCUT2D eigenvalue weighted by Gasteiger charge is -2.55. The van der Waals surface area contributed by atoms with Crippen molar-refractivity contribution >= 4 is 35.9 Å². The Morgan fingerprint density at radius 2 is 1.45 bits per heavy atom. The van der Waals surface area contributed by atoms with Crippen LogP contribution in [0.3, 0.4) is 0 Å². The maximum atomic E-state index is 13.2. The monoisotopic (exact) mass is 530 g/mol. The minimum absolute atomic E-state index is 0.00107. The van der Waals surface area contributed by atoms with Gasteiger partial charge in [0.25, 0.3) is 0 Å². The van der Waals surface area contributed by atoms with Gasteiger partial charge in [-0.25, -0.2) is 9.59 Å². The van der Waals surface area contributed by atoms with Crippen LogP contribution in [0.2, 0.25) is 0 Å². The molecule has 0 aromatic heterocycles. The van der Waals surface area contributed by atoms with Crippen molar-refractivity contribution in [2.75, 3.05) is 28.4 Å². The van der Waals surface area contributed by atoms with Gasteiger partial charge in [-0.15, -0.1) is 0 Å². The van der Waals surface area contributed by atoms with Gasteiger partial charge in [-0.2, -0.15) is 0 Å². The van der Waals surface area contributed by atoms with Crippen molar-refractivity contribution in [2.45, 2.75) is 18.9 Å². The van der Waals surface area contributed by atoms with Crippen LogP contribution >= 0.6 is 0 Å². The van der Waals surface area contributed by atoms with Crippen molar-refractivity contribution in [2.24, 2.45) is 29.6 Å². The minimum atomic E-state index is -2.54. The van der Waals surface area contributed by atoms with E-state index in [2.05, 4.69) is 0 Å². The number of esters is 5. The molecule has 2 aliphatic carbocycles. The number of rotatable bonds is 7. The molecule has 2 bridgehead atoms. The van der Waals surface area contributed by atoms with E-state index in [9.17, 15) is 29.1 Å². The molecule has 1 saturated carbocycles. The number of benzene rings is 1. The first-order valence-electron chi connectivity index (χ1n) is 11.8. The highest BCUT2D eigenvalue weighted by Gasteiger charge is 2.71. The third-order valence-electron chi connectivity index (χ3n) is 7.13. The summed E-state index contributed by atoms with van der Waals surface area (Å²) in [5, 5.41) is 12.2. The molecule has 0 aliphatic heterocycles. The zero-order valence-corrected chi connectivity index (χ0v) is 21.7. The lowest BCUT2D eigenvalue weighted by atomic mass is 9.50. The molecular formula is C27H30O11. The third-order valence-corrected chi connectivity index (χ3v) is 7.13. The van der Waals surface area contributed by atoms with Crippen LogP contribution in [0.25, 0.3) is 6.08 Å². The number of carbonyl (C=O) groups excluding carboxylic acids is 5. The van der Waals surface area contributed by atoms with E-state index in [1.165, 1.54) is 6.08 Å². The van der Waals surface area contributed by atoms with Crippen molar-refractivity contribution in [1.29, 1.82) is 0 Å². The molecule has 1 fully saturated rings. The van der Waals surface area contributed by atoms with Crippen molar-refractivity contribution < 1.29 is 52.8 Å². The Morgan fingerprint density at radius 1 is 0.868 bits per heavy atom. The molecule has 2 aliphatic rings. The van der Waals surface area contributed by atoms with Gasteiger partial charge < -0.3 is 28.8 Å². The molecule has 0 heterocycles. The second kappa shape index (κ2) is 11.6. The number of hydrogen-bond donors (Lipinski definition) is 1. The van der Waals surface area contributed by atoms with Crippen LogP contribution in [0.4, 0.5) is 0 Å². The molecule has 1 N–H and O–H groups in total. The number of carbonyl (C=O) groups is 5. The van der Waals surface area contributed by atoms with E-state index >= 15 is 0 Å². The number of methoxy groups -OCH3 is 4. The quantitative estimate of drug-likeness (QED) is 0.310. The predicted molar refractivity (Wildman–Crippen MR) is 129 cm³/mol. The molecule has 11 nitrogen and oxygen atoms in total. The Bertz CT molecular complexity index is 1170. The molecule has 204 valence electrons. The van der Waals surface area contributed by atoms with E-state index in [0.717, 1.165) is 34.5 Å². The second-order valence-electron chi connectivity index (χ2n) is 9.10. The average molecular weight is 531 g/mol. The topological polar surface area (TPSA) is 152 Å². The second-order valence-corrected chi connectivity index (χ2v) is 9.10. The molecule has 0 radical (unpaired) electrons. The molecule has 1 aromatic carbocycles. The summed E-state index contributed by atoms with van der Waals surface area (Å²) in [7, 11) is 4.25. The largest absolute Gasteiger partial charge is 0.469 e. The Morgan fingerprint density at radius 3 is 2.00 bits per heavy atom. The van der Waals surface area contributed by atoms with Gasteiger partial charge >= 0.3 is 29.8 Å². The van der Waals surface area contributed by atoms with Crippen molar-refractivity contribution in [1.82, 2.24) is 0 Å². The molecule has 0 saturated heterocycles. The summed E-state index contributed by atoms with van der Waals surface area (Å²) in [4.78, 5) is 65.2. The smallest absolute Gasteiger partial charge is 0.337 e. The number of hydrogen-bond acceptors (Lipinski definition) is 11. The molecule has 38 heavy (non-hydrogen) atoms. The van der Waals surface area contributed by atoms with Gasteiger partial charge in [0.2, 0.25) is 0 Å². The van der Waals surface area contributed by atoms with E-state index in [0.29, 0.717) is 5.56 Å². The van der Waals surface area contributed by atoms with E-state index in [-0.39, 0.29) is 12.0 Å². The van der Waals surface area contributed by atoms with Crippen LogP contribution in [0.1, 0.15) is 18.9 Å². The highest BCUT2D eigenvalue weighted by atomic mass is 16.6. The zero-order chi connectivity index (χ0) is 28.2. The Labute approximate surface area is 219 Å². The standard InChI is InChI=1S/C27H30O11/c1-14-13-16-18(23(29)34-2)22(38-17(28)12-11-15-9-7-6-8-10-15)21(26(32)37-5)27(33,19(14)24(30)35-3)20(16)25(31)36-4/h6-12,14,16,19-21,33H,13H2,1-5H3/t14-,16+,19-,20-,21?,27-/m1/s1. The summed E-state index contributed by atoms with van der Waals surface area (Å²) in [5.41, 5.74) is -2.17. The summed E-state index contributed by atoms with van der Waals surface area (Å²) in [6.07, 6.45) is 2.52. The van der Waals surface area contributed by atoms with Crippen LogP contribution in [-0.4, -0.2) is 69.0 Å². The highest BCUT2D eigenvalue weighted by molar-refractivity contribution is 5.97. The summed E-state index contributed by atoms with van der Waals surface area (Å²) in [6, 6.07) is 8.78. The van der Waals surface area contributed by atoms with E-state index in [1.54, 1.807) is 37.3 Å². The lowest BCUT2D eigenvalue weighted by molar-refractivity contribution is -0.212. The molecule has 11 heteroatoms. The first-order valence-corrected chi connectivity index (χ1v) is 11.8. The molecule has 1 aromatic rings. The fraction of sp³-hybridized carbons (Fsp3) is 0.444. The molecule has 0 amide bonds. The summed E-state index contributed by atoms with van der Waals surface area (Å²) in [6.45, 7) is 1.61. The van der Waals surface area contributed by atoms with Crippen LogP contribution in [0, 0.1) is 29.6 Å². The van der Waals surface area contributed by atoms with E-state index in [4.69, 9.17) is 23.7 Å². The molecule has 3 rings (SSSR count). The number of fused-ring (bicyclic) bond motifs is 2. The normalized spacial score (nSPS) is 28.3. The average Bonchev–Trinajstić information content (AvgIpc) is 2.91. The van der Waals surface area contributed by atoms with Crippen molar-refractivity contribution in [3.8, 4) is 0 Å². The first kappa shape index (κ1) is 28.6. The maximum absolute atomic E-state index is 13.2. The van der Waals surface area contributed by atoms with Gasteiger partial charge in [-0.1, -0.05) is 37.3 Å². The molecular weight excluding hydrogens is 500 g/mol. The predicted octanol–water partition coefficient (Wildman–Crippen LogP) is 1.44. The summed E-state index contributed by atoms with van der Waals surface area (Å²) >= 11 is 0. The minimum Gasteiger partial charge on any atom is -0.469 e. The zero-order valence-electron chi connectivity index (χ0n) is 21.7. The Balaban J connectivity index is 2.28. The highest BCUT2D eigenvalue weighted by Crippen LogP contribution is 2.58. The summed E-state index contributed by atoms with van der Waals surface area (Å²) in [5.74, 6) is -12.4. The van der Waals surface area contributed by atoms with Crippen LogP contribution in [-0.2, 0) is 47.7 Å². The van der Waals surface area contributed by atoms with Gasteiger partial charge in [0, 0.05) is 12.0 Å². The van der Waals surface area contributed by atoms with Crippen LogP contribution < -0.4 is 0 Å². The van der Waals surface area contributed by atoms with Gasteiger partial charge in [0.05, 0.1) is 45.8 Å². The van der Waals surface area contributed by atoms with Gasteiger partial charge in [0.1, 0.15) is 17.3 Å². The van der Waals surface area contributed by atoms with Crippen molar-refractivity contribution in [3.63, 3.8) is 0 Å². The number of ether oxygens (including phenoxy) is 5. The van der Waals surface area contributed by atoms with Gasteiger partial charge in [-0.05, 0) is 24.0 Å². The van der Waals surface area contributed by atoms with Crippen molar-refractivity contribution in [3.05, 3.63) is 53.3 Å².